The van der Waals surface area contributed by atoms with Gasteiger partial charge in [-0.1, -0.05) is 20.3 Å². The molecular formula is C10H19NO4. The fourth-order valence-electron chi connectivity index (χ4n) is 1.00. The van der Waals surface area contributed by atoms with E-state index in [0.717, 1.165) is 6.42 Å². The molecule has 0 aliphatic carbocycles. The third kappa shape index (κ3) is 6.90. The second-order valence-corrected chi connectivity index (χ2v) is 3.71. The molecule has 0 aromatic carbocycles. The molecule has 2 unspecified atom stereocenters. The van der Waals surface area contributed by atoms with Gasteiger partial charge in [-0.15, -0.1) is 0 Å². The zero-order valence-electron chi connectivity index (χ0n) is 9.19. The van der Waals surface area contributed by atoms with Crippen molar-refractivity contribution in [3.8, 4) is 0 Å². The summed E-state index contributed by atoms with van der Waals surface area (Å²) in [6.45, 7) is 4.18. The first-order valence-corrected chi connectivity index (χ1v) is 5.15. The number of aliphatic hydroxyl groups is 1. The van der Waals surface area contributed by atoms with Gasteiger partial charge >= 0.3 is 5.97 Å². The maximum Gasteiger partial charge on any atom is 0.332 e. The number of nitrogens with one attached hydrogen (secondary N) is 1. The van der Waals surface area contributed by atoms with Crippen LogP contribution in [0, 0.1) is 5.92 Å². The van der Waals surface area contributed by atoms with Gasteiger partial charge in [-0.05, 0) is 5.92 Å². The Kier molecular flexibility index (Phi) is 6.70. The first-order chi connectivity index (χ1) is 6.97. The lowest BCUT2D eigenvalue weighted by Gasteiger charge is -2.10. The Balaban J connectivity index is 3.59. The standard InChI is InChI=1S/C10H19NO4/c1-3-7(2)6-9(13)11-5-4-8(12)10(14)15/h7-8,12H,3-6H2,1-2H3,(H,11,13)(H,14,15). The highest BCUT2D eigenvalue weighted by Crippen LogP contribution is 2.05. The molecular weight excluding hydrogens is 198 g/mol. The fraction of sp³-hybridized carbons (Fsp3) is 0.800. The van der Waals surface area contributed by atoms with Gasteiger partial charge in [0.25, 0.3) is 0 Å². The smallest absolute Gasteiger partial charge is 0.332 e. The van der Waals surface area contributed by atoms with Crippen molar-refractivity contribution >= 4 is 11.9 Å². The SMILES string of the molecule is CCC(C)CC(=O)NCCC(O)C(=O)O. The van der Waals surface area contributed by atoms with Crippen molar-refractivity contribution < 1.29 is 19.8 Å². The maximum absolute atomic E-state index is 11.2. The second kappa shape index (κ2) is 7.23. The molecule has 0 rings (SSSR count). The number of aliphatic carboxylic acids is 1. The number of carboxylic acid groups (broad SMARTS) is 1. The van der Waals surface area contributed by atoms with Crippen molar-refractivity contribution in [3.63, 3.8) is 0 Å². The Bertz CT molecular complexity index is 217. The van der Waals surface area contributed by atoms with Crippen LogP contribution in [0.3, 0.4) is 0 Å². The van der Waals surface area contributed by atoms with Gasteiger partial charge in [-0.2, -0.15) is 0 Å². The van der Waals surface area contributed by atoms with Crippen LogP contribution in [0.25, 0.3) is 0 Å². The molecule has 0 saturated heterocycles. The Hall–Kier alpha value is -1.10. The number of hydrogen-bond donors (Lipinski definition) is 3. The van der Waals surface area contributed by atoms with E-state index in [9.17, 15) is 9.59 Å². The molecule has 0 aromatic rings. The molecule has 5 nitrogen and oxygen atoms in total. The monoisotopic (exact) mass is 217 g/mol. The summed E-state index contributed by atoms with van der Waals surface area (Å²) in [5.74, 6) is -1.03. The van der Waals surface area contributed by atoms with Crippen LogP contribution < -0.4 is 5.32 Å². The summed E-state index contributed by atoms with van der Waals surface area (Å²) in [6, 6.07) is 0. The molecule has 0 spiro atoms. The van der Waals surface area contributed by atoms with Crippen molar-refractivity contribution in [1.82, 2.24) is 5.32 Å². The predicted octanol–water partition coefficient (Wildman–Crippen LogP) is 0.374. The molecule has 15 heavy (non-hydrogen) atoms. The Morgan fingerprint density at radius 3 is 2.47 bits per heavy atom. The Morgan fingerprint density at radius 1 is 1.40 bits per heavy atom. The molecule has 0 fully saturated rings. The van der Waals surface area contributed by atoms with Crippen LogP contribution in [0.5, 0.6) is 0 Å². The number of hydrogen-bond acceptors (Lipinski definition) is 3. The molecule has 0 aromatic heterocycles. The van der Waals surface area contributed by atoms with Crippen molar-refractivity contribution in [3.05, 3.63) is 0 Å². The van der Waals surface area contributed by atoms with Gasteiger partial charge in [-0.25, -0.2) is 4.79 Å². The van der Waals surface area contributed by atoms with E-state index in [2.05, 4.69) is 5.32 Å². The second-order valence-electron chi connectivity index (χ2n) is 3.71. The summed E-state index contributed by atoms with van der Waals surface area (Å²) in [6.07, 6.45) is 0.0285. The van der Waals surface area contributed by atoms with Gasteiger partial charge in [-0.3, -0.25) is 4.79 Å². The zero-order chi connectivity index (χ0) is 11.8. The van der Waals surface area contributed by atoms with E-state index in [0.29, 0.717) is 12.3 Å². The minimum Gasteiger partial charge on any atom is -0.479 e. The molecule has 88 valence electrons. The lowest BCUT2D eigenvalue weighted by atomic mass is 10.1. The van der Waals surface area contributed by atoms with Gasteiger partial charge in [0, 0.05) is 19.4 Å². The quantitative estimate of drug-likeness (QED) is 0.575. The summed E-state index contributed by atoms with van der Waals surface area (Å²) < 4.78 is 0. The lowest BCUT2D eigenvalue weighted by Crippen LogP contribution is -2.30. The molecule has 1 amide bonds. The van der Waals surface area contributed by atoms with Gasteiger partial charge in [0.2, 0.25) is 5.91 Å². The molecule has 0 saturated carbocycles. The molecule has 2 atom stereocenters. The van der Waals surface area contributed by atoms with Crippen LogP contribution in [0.1, 0.15) is 33.1 Å². The Labute approximate surface area is 89.5 Å². The van der Waals surface area contributed by atoms with E-state index < -0.39 is 12.1 Å². The summed E-state index contributed by atoms with van der Waals surface area (Å²) in [7, 11) is 0. The molecule has 0 aliphatic heterocycles. The van der Waals surface area contributed by atoms with E-state index in [-0.39, 0.29) is 18.9 Å². The molecule has 0 heterocycles. The van der Waals surface area contributed by atoms with Gasteiger partial charge in [0.1, 0.15) is 0 Å². The summed E-state index contributed by atoms with van der Waals surface area (Å²) in [5.41, 5.74) is 0. The predicted molar refractivity (Wildman–Crippen MR) is 55.3 cm³/mol. The average Bonchev–Trinajstić information content (AvgIpc) is 2.17. The zero-order valence-corrected chi connectivity index (χ0v) is 9.19. The number of rotatable bonds is 7. The number of carbonyl (C=O) groups is 2. The van der Waals surface area contributed by atoms with Crippen LogP contribution in [0.15, 0.2) is 0 Å². The van der Waals surface area contributed by atoms with Gasteiger partial charge in [0.05, 0.1) is 0 Å². The van der Waals surface area contributed by atoms with Crippen molar-refractivity contribution in [2.45, 2.75) is 39.2 Å². The Morgan fingerprint density at radius 2 is 2.00 bits per heavy atom. The van der Waals surface area contributed by atoms with E-state index in [4.69, 9.17) is 10.2 Å². The largest absolute Gasteiger partial charge is 0.479 e. The van der Waals surface area contributed by atoms with Crippen LogP contribution >= 0.6 is 0 Å². The van der Waals surface area contributed by atoms with Crippen molar-refractivity contribution in [2.75, 3.05) is 6.54 Å². The van der Waals surface area contributed by atoms with Crippen molar-refractivity contribution in [2.24, 2.45) is 5.92 Å². The van der Waals surface area contributed by atoms with Crippen LogP contribution in [0.2, 0.25) is 0 Å². The van der Waals surface area contributed by atoms with Crippen molar-refractivity contribution in [1.29, 1.82) is 0 Å². The van der Waals surface area contributed by atoms with Crippen LogP contribution in [-0.2, 0) is 9.59 Å². The third-order valence-corrected chi connectivity index (χ3v) is 2.26. The summed E-state index contributed by atoms with van der Waals surface area (Å²) in [4.78, 5) is 21.5. The number of aliphatic hydroxyl groups excluding tert-OH is 1. The highest BCUT2D eigenvalue weighted by Gasteiger charge is 2.13. The van der Waals surface area contributed by atoms with Crippen LogP contribution in [-0.4, -0.2) is 34.7 Å². The summed E-state index contributed by atoms with van der Waals surface area (Å²) in [5, 5.41) is 19.9. The normalized spacial score (nSPS) is 14.3. The first kappa shape index (κ1) is 13.9. The van der Waals surface area contributed by atoms with Crippen LogP contribution in [0.4, 0.5) is 0 Å². The van der Waals surface area contributed by atoms with E-state index in [1.54, 1.807) is 0 Å². The molecule has 5 heteroatoms. The lowest BCUT2D eigenvalue weighted by molar-refractivity contribution is -0.147. The fourth-order valence-corrected chi connectivity index (χ4v) is 1.00. The number of carboxylic acids is 1. The summed E-state index contributed by atoms with van der Waals surface area (Å²) >= 11 is 0. The van der Waals surface area contributed by atoms with E-state index in [1.807, 2.05) is 13.8 Å². The third-order valence-electron chi connectivity index (χ3n) is 2.26. The topological polar surface area (TPSA) is 86.6 Å². The number of amides is 1. The molecule has 0 radical (unpaired) electrons. The minimum absolute atomic E-state index is 0.0432. The van der Waals surface area contributed by atoms with Gasteiger partial charge in [0.15, 0.2) is 6.10 Å². The highest BCUT2D eigenvalue weighted by molar-refractivity contribution is 5.76. The van der Waals surface area contributed by atoms with E-state index in [1.165, 1.54) is 0 Å². The average molecular weight is 217 g/mol. The maximum atomic E-state index is 11.2. The van der Waals surface area contributed by atoms with Gasteiger partial charge < -0.3 is 15.5 Å². The minimum atomic E-state index is -1.39. The molecule has 0 aliphatic rings. The molecule has 0 bridgehead atoms. The molecule has 3 N–H and O–H groups in total. The van der Waals surface area contributed by atoms with E-state index >= 15 is 0 Å². The highest BCUT2D eigenvalue weighted by atomic mass is 16.4. The first-order valence-electron chi connectivity index (χ1n) is 5.15. The number of carbonyl (C=O) groups excluding carboxylic acids is 1.